The van der Waals surface area contributed by atoms with Crippen molar-refractivity contribution in [3.05, 3.63) is 23.8 Å². The number of hydrogen-bond acceptors (Lipinski definition) is 3. The lowest BCUT2D eigenvalue weighted by Crippen LogP contribution is -2.24. The van der Waals surface area contributed by atoms with E-state index in [4.69, 9.17) is 5.73 Å². The first-order valence-electron chi connectivity index (χ1n) is 6.26. The molecule has 1 heterocycles. The molecule has 4 heteroatoms. The van der Waals surface area contributed by atoms with Crippen LogP contribution in [0.15, 0.2) is 23.1 Å². The number of rotatable bonds is 4. The summed E-state index contributed by atoms with van der Waals surface area (Å²) in [6.07, 6.45) is 2.12. The van der Waals surface area contributed by atoms with E-state index in [0.29, 0.717) is 12.3 Å². The van der Waals surface area contributed by atoms with Crippen molar-refractivity contribution in [2.45, 2.75) is 31.6 Å². The van der Waals surface area contributed by atoms with E-state index in [9.17, 15) is 4.79 Å². The molecular formula is C14H20N2OS. The molecule has 0 spiro atoms. The molecular weight excluding hydrogens is 244 g/mol. The van der Waals surface area contributed by atoms with E-state index in [1.807, 2.05) is 6.07 Å². The molecule has 18 heavy (non-hydrogen) atoms. The monoisotopic (exact) mass is 264 g/mol. The molecule has 1 aliphatic rings. The van der Waals surface area contributed by atoms with E-state index in [2.05, 4.69) is 31.3 Å². The molecule has 0 unspecified atom stereocenters. The van der Waals surface area contributed by atoms with Crippen LogP contribution in [-0.2, 0) is 11.2 Å². The first kappa shape index (κ1) is 13.4. The molecule has 0 atom stereocenters. The average molecular weight is 264 g/mol. The van der Waals surface area contributed by atoms with E-state index in [1.54, 1.807) is 11.8 Å². The van der Waals surface area contributed by atoms with Gasteiger partial charge in [-0.2, -0.15) is 0 Å². The number of anilines is 1. The standard InChI is InChI=1S/C14H20N2OS/c1-14(2,9-15)6-5-10-3-4-11-12(7-10)18-8-13(17)16-11/h3-4,7H,5-6,8-9,15H2,1-2H3,(H,16,17). The minimum absolute atomic E-state index is 0.0875. The maximum absolute atomic E-state index is 11.3. The fraction of sp³-hybridized carbons (Fsp3) is 0.500. The Hall–Kier alpha value is -1.00. The first-order chi connectivity index (χ1) is 8.50. The minimum atomic E-state index is 0.0875. The van der Waals surface area contributed by atoms with Crippen molar-refractivity contribution in [3.8, 4) is 0 Å². The van der Waals surface area contributed by atoms with E-state index in [0.717, 1.165) is 18.5 Å². The van der Waals surface area contributed by atoms with Crippen molar-refractivity contribution in [2.24, 2.45) is 11.1 Å². The summed E-state index contributed by atoms with van der Waals surface area (Å²) in [5, 5.41) is 2.89. The highest BCUT2D eigenvalue weighted by atomic mass is 32.2. The number of fused-ring (bicyclic) bond motifs is 1. The Morgan fingerprint density at radius 2 is 2.22 bits per heavy atom. The second-order valence-electron chi connectivity index (χ2n) is 5.54. The van der Waals surface area contributed by atoms with Crippen LogP contribution in [0.4, 0.5) is 5.69 Å². The number of carbonyl (C=O) groups excluding carboxylic acids is 1. The van der Waals surface area contributed by atoms with Crippen molar-refractivity contribution in [2.75, 3.05) is 17.6 Å². The zero-order valence-electron chi connectivity index (χ0n) is 11.0. The molecule has 0 fully saturated rings. The topological polar surface area (TPSA) is 55.1 Å². The van der Waals surface area contributed by atoms with Gasteiger partial charge in [0.25, 0.3) is 0 Å². The summed E-state index contributed by atoms with van der Waals surface area (Å²) in [6.45, 7) is 5.10. The van der Waals surface area contributed by atoms with Crippen LogP contribution in [0.3, 0.4) is 0 Å². The number of aryl methyl sites for hydroxylation is 1. The summed E-state index contributed by atoms with van der Waals surface area (Å²) in [7, 11) is 0. The zero-order chi connectivity index (χ0) is 13.2. The highest BCUT2D eigenvalue weighted by molar-refractivity contribution is 8.00. The summed E-state index contributed by atoms with van der Waals surface area (Å²) in [4.78, 5) is 12.4. The first-order valence-corrected chi connectivity index (χ1v) is 7.24. The molecule has 0 radical (unpaired) electrons. The number of benzene rings is 1. The summed E-state index contributed by atoms with van der Waals surface area (Å²) in [5.41, 5.74) is 8.20. The van der Waals surface area contributed by atoms with Crippen molar-refractivity contribution in [3.63, 3.8) is 0 Å². The highest BCUT2D eigenvalue weighted by Crippen LogP contribution is 2.33. The van der Waals surface area contributed by atoms with Crippen LogP contribution in [0.25, 0.3) is 0 Å². The van der Waals surface area contributed by atoms with Gasteiger partial charge in [-0.05, 0) is 42.5 Å². The van der Waals surface area contributed by atoms with Gasteiger partial charge in [-0.25, -0.2) is 0 Å². The van der Waals surface area contributed by atoms with Gasteiger partial charge in [-0.1, -0.05) is 19.9 Å². The Kier molecular flexibility index (Phi) is 3.97. The van der Waals surface area contributed by atoms with Crippen LogP contribution >= 0.6 is 11.8 Å². The number of hydrogen-bond donors (Lipinski definition) is 2. The molecule has 98 valence electrons. The largest absolute Gasteiger partial charge is 0.330 e. The third-order valence-corrected chi connectivity index (χ3v) is 4.38. The molecule has 0 bridgehead atoms. The fourth-order valence-corrected chi connectivity index (χ4v) is 2.73. The second-order valence-corrected chi connectivity index (χ2v) is 6.55. The van der Waals surface area contributed by atoms with E-state index in [-0.39, 0.29) is 11.3 Å². The number of amides is 1. The van der Waals surface area contributed by atoms with Crippen LogP contribution in [0.2, 0.25) is 0 Å². The quantitative estimate of drug-likeness (QED) is 0.879. The average Bonchev–Trinajstić information content (AvgIpc) is 2.36. The molecule has 0 saturated heterocycles. The summed E-state index contributed by atoms with van der Waals surface area (Å²) in [5.74, 6) is 0.606. The number of nitrogens with one attached hydrogen (secondary N) is 1. The Balaban J connectivity index is 2.05. The van der Waals surface area contributed by atoms with Crippen molar-refractivity contribution in [1.29, 1.82) is 0 Å². The van der Waals surface area contributed by atoms with E-state index < -0.39 is 0 Å². The second kappa shape index (κ2) is 5.33. The van der Waals surface area contributed by atoms with Gasteiger partial charge in [0.15, 0.2) is 0 Å². The Labute approximate surface area is 113 Å². The van der Waals surface area contributed by atoms with Gasteiger partial charge in [0.2, 0.25) is 5.91 Å². The molecule has 0 saturated carbocycles. The van der Waals surface area contributed by atoms with E-state index >= 15 is 0 Å². The molecule has 2 rings (SSSR count). The highest BCUT2D eigenvalue weighted by Gasteiger charge is 2.18. The van der Waals surface area contributed by atoms with Gasteiger partial charge in [-0.15, -0.1) is 11.8 Å². The number of nitrogens with two attached hydrogens (primary N) is 1. The van der Waals surface area contributed by atoms with Crippen molar-refractivity contribution in [1.82, 2.24) is 0 Å². The smallest absolute Gasteiger partial charge is 0.234 e. The zero-order valence-corrected chi connectivity index (χ0v) is 11.8. The Morgan fingerprint density at radius 1 is 1.44 bits per heavy atom. The molecule has 0 aliphatic carbocycles. The molecule has 1 aromatic carbocycles. The molecule has 0 aromatic heterocycles. The Bertz CT molecular complexity index is 457. The molecule has 1 amide bonds. The maximum Gasteiger partial charge on any atom is 0.234 e. The maximum atomic E-state index is 11.3. The molecule has 1 aromatic rings. The van der Waals surface area contributed by atoms with Gasteiger partial charge >= 0.3 is 0 Å². The lowest BCUT2D eigenvalue weighted by atomic mass is 9.86. The van der Waals surface area contributed by atoms with Crippen LogP contribution in [0.1, 0.15) is 25.8 Å². The van der Waals surface area contributed by atoms with Crippen molar-refractivity contribution < 1.29 is 4.79 Å². The third kappa shape index (κ3) is 3.27. The molecule has 3 N–H and O–H groups in total. The fourth-order valence-electron chi connectivity index (χ4n) is 1.86. The lowest BCUT2D eigenvalue weighted by molar-refractivity contribution is -0.113. The van der Waals surface area contributed by atoms with Crippen LogP contribution < -0.4 is 11.1 Å². The predicted molar refractivity (Wildman–Crippen MR) is 77.0 cm³/mol. The summed E-state index contributed by atoms with van der Waals surface area (Å²) in [6, 6.07) is 6.29. The molecule has 3 nitrogen and oxygen atoms in total. The van der Waals surface area contributed by atoms with Gasteiger partial charge in [-0.3, -0.25) is 4.79 Å². The number of carbonyl (C=O) groups is 1. The predicted octanol–water partition coefficient (Wildman–Crippen LogP) is 2.65. The lowest BCUT2D eigenvalue weighted by Gasteiger charge is -2.23. The van der Waals surface area contributed by atoms with E-state index in [1.165, 1.54) is 10.5 Å². The van der Waals surface area contributed by atoms with Gasteiger partial charge in [0.05, 0.1) is 11.4 Å². The Morgan fingerprint density at radius 3 is 2.94 bits per heavy atom. The normalized spacial score (nSPS) is 15.2. The molecule has 1 aliphatic heterocycles. The van der Waals surface area contributed by atoms with Gasteiger partial charge < -0.3 is 11.1 Å². The van der Waals surface area contributed by atoms with Crippen LogP contribution in [0.5, 0.6) is 0 Å². The number of thioether (sulfide) groups is 1. The van der Waals surface area contributed by atoms with Gasteiger partial charge in [0.1, 0.15) is 0 Å². The SMILES string of the molecule is CC(C)(CN)CCc1ccc2c(c1)SCC(=O)N2. The van der Waals surface area contributed by atoms with Crippen molar-refractivity contribution >= 4 is 23.4 Å². The minimum Gasteiger partial charge on any atom is -0.330 e. The van der Waals surface area contributed by atoms with Crippen LogP contribution in [0, 0.1) is 5.41 Å². The van der Waals surface area contributed by atoms with Gasteiger partial charge in [0, 0.05) is 4.90 Å². The summed E-state index contributed by atoms with van der Waals surface area (Å²) >= 11 is 1.61. The third-order valence-electron chi connectivity index (χ3n) is 3.32. The summed E-state index contributed by atoms with van der Waals surface area (Å²) < 4.78 is 0. The van der Waals surface area contributed by atoms with Crippen LogP contribution in [-0.4, -0.2) is 18.2 Å².